The first-order valence-corrected chi connectivity index (χ1v) is 7.32. The van der Waals surface area contributed by atoms with Gasteiger partial charge in [0, 0.05) is 17.4 Å². The van der Waals surface area contributed by atoms with E-state index in [1.165, 1.54) is 5.56 Å². The van der Waals surface area contributed by atoms with Crippen LogP contribution in [0.15, 0.2) is 39.8 Å². The van der Waals surface area contributed by atoms with Crippen LogP contribution in [0, 0.1) is 13.8 Å². The van der Waals surface area contributed by atoms with Crippen LogP contribution >= 0.6 is 11.8 Å². The molecule has 0 fully saturated rings. The highest BCUT2D eigenvalue weighted by Gasteiger charge is 2.07. The van der Waals surface area contributed by atoms with Crippen molar-refractivity contribution < 1.29 is 4.42 Å². The van der Waals surface area contributed by atoms with Crippen LogP contribution in [0.5, 0.6) is 0 Å². The van der Waals surface area contributed by atoms with Crippen molar-refractivity contribution in [3.8, 4) is 0 Å². The second-order valence-corrected chi connectivity index (χ2v) is 5.74. The Labute approximate surface area is 121 Å². The molecule has 2 aromatic heterocycles. The number of nitrogens with two attached hydrogens (primary N) is 1. The van der Waals surface area contributed by atoms with Crippen LogP contribution < -0.4 is 5.73 Å². The first-order chi connectivity index (χ1) is 9.60. The van der Waals surface area contributed by atoms with Crippen molar-refractivity contribution in [2.24, 2.45) is 0 Å². The van der Waals surface area contributed by atoms with Gasteiger partial charge in [0.1, 0.15) is 5.52 Å². The quantitative estimate of drug-likeness (QED) is 0.587. The van der Waals surface area contributed by atoms with Crippen molar-refractivity contribution in [3.63, 3.8) is 0 Å². The summed E-state index contributed by atoms with van der Waals surface area (Å²) < 4.78 is 5.69. The minimum atomic E-state index is 0.657. The lowest BCUT2D eigenvalue weighted by molar-refractivity contribution is 0.556. The number of hydrogen-bond donors (Lipinski definition) is 1. The third-order valence-electron chi connectivity index (χ3n) is 2.87. The largest absolute Gasteiger partial charge is 0.440 e. The van der Waals surface area contributed by atoms with E-state index in [1.54, 1.807) is 17.8 Å². The first-order valence-electron chi connectivity index (χ1n) is 6.33. The van der Waals surface area contributed by atoms with E-state index in [9.17, 15) is 0 Å². The van der Waals surface area contributed by atoms with Crippen LogP contribution in [0.3, 0.4) is 0 Å². The van der Waals surface area contributed by atoms with E-state index in [0.717, 1.165) is 21.8 Å². The lowest BCUT2D eigenvalue weighted by Gasteiger charge is -2.01. The van der Waals surface area contributed by atoms with Crippen molar-refractivity contribution in [2.45, 2.75) is 24.6 Å². The maximum atomic E-state index is 5.73. The third-order valence-corrected chi connectivity index (χ3v) is 3.77. The molecule has 0 saturated heterocycles. The van der Waals surface area contributed by atoms with Gasteiger partial charge in [-0.05, 0) is 43.7 Å². The molecular formula is C15H15N3OS. The number of anilines is 1. The Morgan fingerprint density at radius 1 is 1.15 bits per heavy atom. The number of benzene rings is 1. The normalized spacial score (nSPS) is 11.1. The Morgan fingerprint density at radius 2 is 2.00 bits per heavy atom. The summed E-state index contributed by atoms with van der Waals surface area (Å²) in [5.41, 5.74) is 10.2. The van der Waals surface area contributed by atoms with E-state index < -0.39 is 0 Å². The van der Waals surface area contributed by atoms with Gasteiger partial charge in [-0.15, -0.1) is 0 Å². The molecule has 3 rings (SSSR count). The van der Waals surface area contributed by atoms with Gasteiger partial charge in [-0.25, -0.2) is 9.97 Å². The van der Waals surface area contributed by atoms with Crippen LogP contribution in [0.25, 0.3) is 11.1 Å². The molecule has 0 amide bonds. The highest BCUT2D eigenvalue weighted by atomic mass is 32.2. The Hall–Kier alpha value is -2.01. The molecular weight excluding hydrogens is 270 g/mol. The summed E-state index contributed by atoms with van der Waals surface area (Å²) in [7, 11) is 0. The summed E-state index contributed by atoms with van der Waals surface area (Å²) in [6.07, 6.45) is 0. The summed E-state index contributed by atoms with van der Waals surface area (Å²) >= 11 is 1.62. The molecule has 1 aromatic carbocycles. The van der Waals surface area contributed by atoms with Gasteiger partial charge in [-0.3, -0.25) is 0 Å². The highest BCUT2D eigenvalue weighted by Crippen LogP contribution is 2.25. The van der Waals surface area contributed by atoms with Gasteiger partial charge in [-0.1, -0.05) is 11.8 Å². The summed E-state index contributed by atoms with van der Waals surface area (Å²) in [6.45, 7) is 4.07. The zero-order valence-corrected chi connectivity index (χ0v) is 12.2. The fraction of sp³-hybridized carbons (Fsp3) is 0.200. The SMILES string of the molecule is Cc1cc(C)nc(SCc2nc3ccc(N)cc3o2)c1. The summed E-state index contributed by atoms with van der Waals surface area (Å²) in [5.74, 6) is 1.35. The standard InChI is InChI=1S/C15H15N3OS/c1-9-5-10(2)17-15(6-9)20-8-14-18-12-4-3-11(16)7-13(12)19-14/h3-7H,8,16H2,1-2H3. The number of nitrogen functional groups attached to an aromatic ring is 1. The predicted octanol–water partition coefficient (Wildman–Crippen LogP) is 3.71. The van der Waals surface area contributed by atoms with Crippen LogP contribution in [-0.2, 0) is 5.75 Å². The monoisotopic (exact) mass is 285 g/mol. The molecule has 0 bridgehead atoms. The molecule has 5 heteroatoms. The van der Waals surface area contributed by atoms with Gasteiger partial charge in [0.15, 0.2) is 5.58 Å². The molecule has 0 radical (unpaired) electrons. The van der Waals surface area contributed by atoms with Gasteiger partial charge >= 0.3 is 0 Å². The molecule has 0 aliphatic carbocycles. The zero-order chi connectivity index (χ0) is 14.1. The summed E-state index contributed by atoms with van der Waals surface area (Å²) in [6, 6.07) is 9.63. The second-order valence-electron chi connectivity index (χ2n) is 4.75. The zero-order valence-electron chi connectivity index (χ0n) is 11.4. The van der Waals surface area contributed by atoms with Gasteiger partial charge in [0.25, 0.3) is 0 Å². The van der Waals surface area contributed by atoms with Gasteiger partial charge in [0.2, 0.25) is 5.89 Å². The third kappa shape index (κ3) is 2.77. The number of nitrogens with zero attached hydrogens (tertiary/aromatic N) is 2. The molecule has 0 unspecified atom stereocenters. The van der Waals surface area contributed by atoms with E-state index in [-0.39, 0.29) is 0 Å². The number of fused-ring (bicyclic) bond motifs is 1. The molecule has 0 spiro atoms. The second kappa shape index (κ2) is 5.17. The Kier molecular flexibility index (Phi) is 3.36. The molecule has 2 N–H and O–H groups in total. The lowest BCUT2D eigenvalue weighted by Crippen LogP contribution is -1.88. The molecule has 0 atom stereocenters. The average Bonchev–Trinajstić information content (AvgIpc) is 2.77. The van der Waals surface area contributed by atoms with Crippen LogP contribution in [0.2, 0.25) is 0 Å². The van der Waals surface area contributed by atoms with E-state index in [0.29, 0.717) is 17.3 Å². The summed E-state index contributed by atoms with van der Waals surface area (Å²) in [4.78, 5) is 8.93. The topological polar surface area (TPSA) is 64.9 Å². The minimum Gasteiger partial charge on any atom is -0.440 e. The van der Waals surface area contributed by atoms with Crippen molar-refractivity contribution in [3.05, 3.63) is 47.5 Å². The molecule has 102 valence electrons. The number of oxazole rings is 1. The molecule has 20 heavy (non-hydrogen) atoms. The predicted molar refractivity (Wildman–Crippen MR) is 81.7 cm³/mol. The molecule has 0 aliphatic rings. The number of hydrogen-bond acceptors (Lipinski definition) is 5. The van der Waals surface area contributed by atoms with Crippen LogP contribution in [0.1, 0.15) is 17.1 Å². The first kappa shape index (κ1) is 13.0. The molecule has 4 nitrogen and oxygen atoms in total. The van der Waals surface area contributed by atoms with E-state index in [2.05, 4.69) is 29.0 Å². The maximum absolute atomic E-state index is 5.73. The van der Waals surface area contributed by atoms with Gasteiger partial charge in [-0.2, -0.15) is 0 Å². The fourth-order valence-electron chi connectivity index (χ4n) is 2.06. The van der Waals surface area contributed by atoms with Crippen LogP contribution in [0.4, 0.5) is 5.69 Å². The molecule has 3 aromatic rings. The van der Waals surface area contributed by atoms with E-state index in [1.807, 2.05) is 19.1 Å². The van der Waals surface area contributed by atoms with Crippen LogP contribution in [-0.4, -0.2) is 9.97 Å². The lowest BCUT2D eigenvalue weighted by atomic mass is 10.3. The van der Waals surface area contributed by atoms with E-state index in [4.69, 9.17) is 10.2 Å². The van der Waals surface area contributed by atoms with Crippen molar-refractivity contribution in [1.29, 1.82) is 0 Å². The maximum Gasteiger partial charge on any atom is 0.205 e. The minimum absolute atomic E-state index is 0.657. The number of thioether (sulfide) groups is 1. The van der Waals surface area contributed by atoms with Crippen molar-refractivity contribution in [1.82, 2.24) is 9.97 Å². The number of aryl methyl sites for hydroxylation is 2. The molecule has 0 saturated carbocycles. The van der Waals surface area contributed by atoms with Gasteiger partial charge in [0.05, 0.1) is 10.8 Å². The number of pyridine rings is 1. The average molecular weight is 285 g/mol. The molecule has 0 aliphatic heterocycles. The fourth-order valence-corrected chi connectivity index (χ4v) is 2.94. The number of aromatic nitrogens is 2. The number of rotatable bonds is 3. The van der Waals surface area contributed by atoms with Crippen molar-refractivity contribution >= 4 is 28.5 Å². The Morgan fingerprint density at radius 3 is 2.80 bits per heavy atom. The molecule has 2 heterocycles. The Bertz CT molecular complexity index is 747. The smallest absolute Gasteiger partial charge is 0.205 e. The van der Waals surface area contributed by atoms with E-state index >= 15 is 0 Å². The van der Waals surface area contributed by atoms with Crippen molar-refractivity contribution in [2.75, 3.05) is 5.73 Å². The highest BCUT2D eigenvalue weighted by molar-refractivity contribution is 7.98. The van der Waals surface area contributed by atoms with Gasteiger partial charge < -0.3 is 10.2 Å². The summed E-state index contributed by atoms with van der Waals surface area (Å²) in [5, 5.41) is 0.990. The Balaban J connectivity index is 1.79.